The lowest BCUT2D eigenvalue weighted by Gasteiger charge is -2.33. The molecule has 0 aromatic heterocycles. The summed E-state index contributed by atoms with van der Waals surface area (Å²) >= 11 is 0. The summed E-state index contributed by atoms with van der Waals surface area (Å²) in [6, 6.07) is 17.7. The van der Waals surface area contributed by atoms with Crippen LogP contribution in [0.25, 0.3) is 10.8 Å². The van der Waals surface area contributed by atoms with Crippen LogP contribution in [0.3, 0.4) is 0 Å². The number of piperazine rings is 1. The van der Waals surface area contributed by atoms with Crippen molar-refractivity contribution in [1.82, 2.24) is 9.21 Å². The molecule has 0 unspecified atom stereocenters. The summed E-state index contributed by atoms with van der Waals surface area (Å²) in [5.74, 6) is -0.664. The zero-order valence-corrected chi connectivity index (χ0v) is 19.9. The van der Waals surface area contributed by atoms with Gasteiger partial charge in [-0.25, -0.2) is 13.2 Å². The second-order valence-corrected chi connectivity index (χ2v) is 10.0. The summed E-state index contributed by atoms with van der Waals surface area (Å²) in [6.45, 7) is 2.26. The van der Waals surface area contributed by atoms with E-state index in [2.05, 4.69) is 0 Å². The van der Waals surface area contributed by atoms with Crippen molar-refractivity contribution in [2.75, 3.05) is 39.9 Å². The van der Waals surface area contributed by atoms with E-state index in [1.165, 1.54) is 16.3 Å². The highest BCUT2D eigenvalue weighted by Crippen LogP contribution is 2.26. The maximum Gasteiger partial charge on any atom is 0.342 e. The van der Waals surface area contributed by atoms with Crippen LogP contribution in [0, 0.1) is 6.92 Å². The van der Waals surface area contributed by atoms with Crippen LogP contribution in [0.5, 0.6) is 5.75 Å². The summed E-state index contributed by atoms with van der Waals surface area (Å²) in [6.07, 6.45) is 0. The monoisotopic (exact) mass is 482 g/mol. The Morgan fingerprint density at radius 2 is 1.53 bits per heavy atom. The van der Waals surface area contributed by atoms with E-state index in [0.29, 0.717) is 5.75 Å². The molecule has 0 saturated carbocycles. The second-order valence-electron chi connectivity index (χ2n) is 8.07. The fourth-order valence-corrected chi connectivity index (χ4v) is 5.30. The summed E-state index contributed by atoms with van der Waals surface area (Å²) in [5, 5.41) is 1.78. The SMILES string of the molecule is COc1cc2ccccc2cc1C(=O)OCC(=O)N1CCN(S(=O)(=O)c2ccc(C)cc2)CC1. The van der Waals surface area contributed by atoms with Gasteiger partial charge in [0.2, 0.25) is 10.0 Å². The van der Waals surface area contributed by atoms with Gasteiger partial charge in [0.05, 0.1) is 12.0 Å². The Bertz CT molecular complexity index is 1310. The molecule has 0 atom stereocenters. The first kappa shape index (κ1) is 23.7. The van der Waals surface area contributed by atoms with Gasteiger partial charge in [0.1, 0.15) is 11.3 Å². The predicted molar refractivity (Wildman–Crippen MR) is 127 cm³/mol. The van der Waals surface area contributed by atoms with Crippen molar-refractivity contribution < 1.29 is 27.5 Å². The quantitative estimate of drug-likeness (QED) is 0.502. The van der Waals surface area contributed by atoms with E-state index in [9.17, 15) is 18.0 Å². The van der Waals surface area contributed by atoms with Crippen LogP contribution in [0.2, 0.25) is 0 Å². The molecule has 9 heteroatoms. The Morgan fingerprint density at radius 1 is 0.912 bits per heavy atom. The fraction of sp³-hybridized carbons (Fsp3) is 0.280. The highest BCUT2D eigenvalue weighted by atomic mass is 32.2. The third-order valence-corrected chi connectivity index (χ3v) is 7.78. The number of sulfonamides is 1. The average Bonchev–Trinajstić information content (AvgIpc) is 2.86. The molecule has 4 rings (SSSR count). The van der Waals surface area contributed by atoms with Crippen LogP contribution < -0.4 is 4.74 Å². The molecule has 0 spiro atoms. The van der Waals surface area contributed by atoms with Gasteiger partial charge in [0.25, 0.3) is 5.91 Å². The van der Waals surface area contributed by atoms with Crippen molar-refractivity contribution in [3.63, 3.8) is 0 Å². The van der Waals surface area contributed by atoms with Crippen LogP contribution in [-0.4, -0.2) is 69.4 Å². The van der Waals surface area contributed by atoms with Gasteiger partial charge in [0, 0.05) is 26.2 Å². The lowest BCUT2D eigenvalue weighted by molar-refractivity contribution is -0.135. The third-order valence-electron chi connectivity index (χ3n) is 5.86. The molecule has 1 saturated heterocycles. The lowest BCUT2D eigenvalue weighted by Crippen LogP contribution is -2.51. The van der Waals surface area contributed by atoms with Crippen molar-refractivity contribution >= 4 is 32.7 Å². The molecule has 34 heavy (non-hydrogen) atoms. The second kappa shape index (κ2) is 9.82. The number of carbonyl (C=O) groups excluding carboxylic acids is 2. The first-order chi connectivity index (χ1) is 16.3. The molecule has 0 radical (unpaired) electrons. The molecule has 3 aromatic carbocycles. The minimum Gasteiger partial charge on any atom is -0.496 e. The van der Waals surface area contributed by atoms with Crippen molar-refractivity contribution in [2.45, 2.75) is 11.8 Å². The highest BCUT2D eigenvalue weighted by Gasteiger charge is 2.30. The van der Waals surface area contributed by atoms with Gasteiger partial charge in [-0.15, -0.1) is 0 Å². The predicted octanol–water partition coefficient (Wildman–Crippen LogP) is 2.85. The summed E-state index contributed by atoms with van der Waals surface area (Å²) < 4.78 is 37.6. The van der Waals surface area contributed by atoms with Crippen molar-refractivity contribution in [3.05, 3.63) is 71.8 Å². The van der Waals surface area contributed by atoms with E-state index in [4.69, 9.17) is 9.47 Å². The number of rotatable bonds is 6. The number of esters is 1. The number of aryl methyl sites for hydroxylation is 1. The molecule has 3 aromatic rings. The average molecular weight is 483 g/mol. The van der Waals surface area contributed by atoms with E-state index in [1.54, 1.807) is 36.4 Å². The fourth-order valence-electron chi connectivity index (χ4n) is 3.88. The molecule has 1 fully saturated rings. The minimum atomic E-state index is -3.62. The zero-order valence-electron chi connectivity index (χ0n) is 19.1. The van der Waals surface area contributed by atoms with Gasteiger partial charge in [0.15, 0.2) is 6.61 Å². The number of ether oxygens (including phenoxy) is 2. The topological polar surface area (TPSA) is 93.2 Å². The molecule has 0 bridgehead atoms. The van der Waals surface area contributed by atoms with Gasteiger partial charge in [-0.05, 0) is 42.0 Å². The van der Waals surface area contributed by atoms with E-state index in [0.717, 1.165) is 16.3 Å². The number of fused-ring (bicyclic) bond motifs is 1. The standard InChI is InChI=1S/C25H26N2O6S/c1-18-7-9-21(10-8-18)34(30,31)27-13-11-26(12-14-27)24(28)17-33-25(29)22-15-19-5-3-4-6-20(19)16-23(22)32-2/h3-10,15-16H,11-14,17H2,1-2H3. The first-order valence-electron chi connectivity index (χ1n) is 10.9. The smallest absolute Gasteiger partial charge is 0.342 e. The Labute approximate surface area is 198 Å². The van der Waals surface area contributed by atoms with Gasteiger partial charge in [-0.2, -0.15) is 4.31 Å². The Balaban J connectivity index is 1.35. The summed E-state index contributed by atoms with van der Waals surface area (Å²) in [5.41, 5.74) is 1.22. The van der Waals surface area contributed by atoms with Crippen LogP contribution in [-0.2, 0) is 19.6 Å². The largest absolute Gasteiger partial charge is 0.496 e. The molecule has 1 heterocycles. The number of nitrogens with zero attached hydrogens (tertiary/aromatic N) is 2. The van der Waals surface area contributed by atoms with E-state index < -0.39 is 22.6 Å². The molecular weight excluding hydrogens is 456 g/mol. The van der Waals surface area contributed by atoms with Crippen molar-refractivity contribution in [3.8, 4) is 5.75 Å². The minimum absolute atomic E-state index is 0.175. The zero-order chi connectivity index (χ0) is 24.3. The molecule has 1 aliphatic rings. The lowest BCUT2D eigenvalue weighted by atomic mass is 10.1. The molecule has 1 amide bonds. The van der Waals surface area contributed by atoms with Gasteiger partial charge < -0.3 is 14.4 Å². The molecular formula is C25H26N2O6S. The summed E-state index contributed by atoms with van der Waals surface area (Å²) in [7, 11) is -2.15. The van der Waals surface area contributed by atoms with Crippen molar-refractivity contribution in [2.24, 2.45) is 0 Å². The number of benzene rings is 3. The number of hydrogen-bond acceptors (Lipinski definition) is 6. The Morgan fingerprint density at radius 3 is 2.15 bits per heavy atom. The molecule has 8 nitrogen and oxygen atoms in total. The third kappa shape index (κ3) is 4.90. The maximum absolute atomic E-state index is 12.8. The van der Waals surface area contributed by atoms with Gasteiger partial charge in [-0.3, -0.25) is 4.79 Å². The van der Waals surface area contributed by atoms with E-state index in [-0.39, 0.29) is 42.5 Å². The van der Waals surface area contributed by atoms with E-state index >= 15 is 0 Å². The van der Waals surface area contributed by atoms with Crippen LogP contribution in [0.15, 0.2) is 65.6 Å². The van der Waals surface area contributed by atoms with Crippen molar-refractivity contribution in [1.29, 1.82) is 0 Å². The summed E-state index contributed by atoms with van der Waals surface area (Å²) in [4.78, 5) is 27.0. The highest BCUT2D eigenvalue weighted by molar-refractivity contribution is 7.89. The van der Waals surface area contributed by atoms with Crippen LogP contribution >= 0.6 is 0 Å². The van der Waals surface area contributed by atoms with Crippen LogP contribution in [0.4, 0.5) is 0 Å². The number of carbonyl (C=O) groups is 2. The molecule has 1 aliphatic heterocycles. The van der Waals surface area contributed by atoms with E-state index in [1.807, 2.05) is 31.2 Å². The Hall–Kier alpha value is -3.43. The number of hydrogen-bond donors (Lipinski definition) is 0. The molecule has 0 N–H and O–H groups in total. The normalized spacial score (nSPS) is 14.7. The Kier molecular flexibility index (Phi) is 6.85. The van der Waals surface area contributed by atoms with Gasteiger partial charge >= 0.3 is 5.97 Å². The molecule has 0 aliphatic carbocycles. The maximum atomic E-state index is 12.8. The number of amides is 1. The van der Waals surface area contributed by atoms with Crippen LogP contribution in [0.1, 0.15) is 15.9 Å². The molecule has 178 valence electrons. The van der Waals surface area contributed by atoms with Gasteiger partial charge in [-0.1, -0.05) is 42.0 Å². The first-order valence-corrected chi connectivity index (χ1v) is 12.3. The number of methoxy groups -OCH3 is 1.